The van der Waals surface area contributed by atoms with E-state index in [1.807, 2.05) is 38.1 Å². The molecule has 0 saturated heterocycles. The maximum Gasteiger partial charge on any atom is 0.195 e. The lowest BCUT2D eigenvalue weighted by atomic mass is 9.71. The number of hydrogen-bond acceptors (Lipinski definition) is 4. The molecule has 3 aromatic rings. The molecule has 0 bridgehead atoms. The Bertz CT molecular complexity index is 1310. The van der Waals surface area contributed by atoms with Gasteiger partial charge in [-0.05, 0) is 62.4 Å². The molecule has 4 rings (SSSR count). The second kappa shape index (κ2) is 10.4. The van der Waals surface area contributed by atoms with Crippen LogP contribution in [0.15, 0.2) is 30.3 Å². The first-order valence-corrected chi connectivity index (χ1v) is 13.3. The van der Waals surface area contributed by atoms with Crippen molar-refractivity contribution in [2.24, 2.45) is 5.92 Å². The van der Waals surface area contributed by atoms with Gasteiger partial charge in [-0.25, -0.2) is 0 Å². The summed E-state index contributed by atoms with van der Waals surface area (Å²) in [5.74, 6) is 1.80. The van der Waals surface area contributed by atoms with Crippen molar-refractivity contribution in [3.05, 3.63) is 58.3 Å². The Labute approximate surface area is 214 Å². The van der Waals surface area contributed by atoms with E-state index in [1.54, 1.807) is 6.07 Å². The van der Waals surface area contributed by atoms with E-state index in [1.165, 1.54) is 12.8 Å². The van der Waals surface area contributed by atoms with Crippen LogP contribution in [0.2, 0.25) is 0 Å². The van der Waals surface area contributed by atoms with Crippen LogP contribution in [0.3, 0.4) is 0 Å². The summed E-state index contributed by atoms with van der Waals surface area (Å²) >= 11 is 0. The number of fused-ring (bicyclic) bond motifs is 4. The third-order valence-electron chi connectivity index (χ3n) is 7.28. The quantitative estimate of drug-likeness (QED) is 0.319. The molecular weight excluding hydrogens is 448 g/mol. The van der Waals surface area contributed by atoms with Crippen molar-refractivity contribution in [2.75, 3.05) is 6.61 Å². The minimum absolute atomic E-state index is 0.0257. The Kier molecular flexibility index (Phi) is 7.45. The second-order valence-electron chi connectivity index (χ2n) is 10.8. The van der Waals surface area contributed by atoms with Gasteiger partial charge in [0, 0.05) is 27.6 Å². The first kappa shape index (κ1) is 25.8. The fraction of sp³-hybridized carbons (Fsp3) is 0.484. The topological polar surface area (TPSA) is 75.1 Å². The summed E-state index contributed by atoms with van der Waals surface area (Å²) in [6, 6.07) is 11.5. The molecule has 1 atom stereocenters. The lowest BCUT2D eigenvalue weighted by Gasteiger charge is -2.33. The van der Waals surface area contributed by atoms with Gasteiger partial charge < -0.3 is 14.5 Å². The highest BCUT2D eigenvalue weighted by Crippen LogP contribution is 2.47. The highest BCUT2D eigenvalue weighted by Gasteiger charge is 2.40. The first-order valence-electron chi connectivity index (χ1n) is 13.3. The molecule has 36 heavy (non-hydrogen) atoms. The van der Waals surface area contributed by atoms with E-state index in [0.717, 1.165) is 41.4 Å². The van der Waals surface area contributed by atoms with Gasteiger partial charge in [0.05, 0.1) is 29.9 Å². The van der Waals surface area contributed by atoms with Crippen molar-refractivity contribution in [2.45, 2.75) is 85.2 Å². The van der Waals surface area contributed by atoms with Crippen LogP contribution >= 0.6 is 0 Å². The molecule has 1 N–H and O–H groups in total. The van der Waals surface area contributed by atoms with Crippen molar-refractivity contribution in [1.29, 1.82) is 5.26 Å². The summed E-state index contributed by atoms with van der Waals surface area (Å²) in [5, 5.41) is 10.2. The third-order valence-corrected chi connectivity index (χ3v) is 7.28. The summed E-state index contributed by atoms with van der Waals surface area (Å²) in [7, 11) is 0. The summed E-state index contributed by atoms with van der Waals surface area (Å²) in [5.41, 5.74) is 4.05. The van der Waals surface area contributed by atoms with E-state index >= 15 is 0 Å². The standard InChI is InChI=1S/C31H38N2O3/c1-7-9-11-20(10-8-2)18-35-26-16-24-23(15-27(26)36-19(3)4)29(34)28-22-13-12-21(17-32)14-25(22)33-30(28)31(24,5)6/h12-16,19-20,33H,7-11,18H2,1-6H3. The number of aromatic nitrogens is 1. The molecule has 0 spiro atoms. The minimum Gasteiger partial charge on any atom is -0.489 e. The molecule has 190 valence electrons. The summed E-state index contributed by atoms with van der Waals surface area (Å²) in [4.78, 5) is 17.3. The van der Waals surface area contributed by atoms with Crippen molar-refractivity contribution in [3.8, 4) is 17.6 Å². The Hall–Kier alpha value is -3.26. The molecule has 1 aliphatic rings. The molecule has 1 aromatic heterocycles. The van der Waals surface area contributed by atoms with Crippen LogP contribution in [0.4, 0.5) is 0 Å². The molecule has 1 aliphatic carbocycles. The molecule has 0 amide bonds. The molecule has 0 fully saturated rings. The van der Waals surface area contributed by atoms with Crippen LogP contribution < -0.4 is 9.47 Å². The number of ketones is 1. The fourth-order valence-corrected chi connectivity index (χ4v) is 5.38. The lowest BCUT2D eigenvalue weighted by molar-refractivity contribution is 0.103. The van der Waals surface area contributed by atoms with Gasteiger partial charge in [-0.1, -0.05) is 53.0 Å². The summed E-state index contributed by atoms with van der Waals surface area (Å²) in [6.45, 7) is 13.3. The average molecular weight is 487 g/mol. The van der Waals surface area contributed by atoms with Gasteiger partial charge in [0.1, 0.15) is 0 Å². The zero-order valence-electron chi connectivity index (χ0n) is 22.5. The molecule has 1 heterocycles. The number of nitrogens with one attached hydrogen (secondary N) is 1. The van der Waals surface area contributed by atoms with E-state index in [9.17, 15) is 10.1 Å². The smallest absolute Gasteiger partial charge is 0.195 e. The summed E-state index contributed by atoms with van der Waals surface area (Å²) < 4.78 is 12.6. The number of H-pyrrole nitrogens is 1. The van der Waals surface area contributed by atoms with E-state index in [2.05, 4.69) is 38.7 Å². The number of carbonyl (C=O) groups is 1. The molecule has 0 radical (unpaired) electrons. The van der Waals surface area contributed by atoms with E-state index in [4.69, 9.17) is 9.47 Å². The zero-order chi connectivity index (χ0) is 26.0. The normalized spacial score (nSPS) is 14.9. The van der Waals surface area contributed by atoms with Crippen molar-refractivity contribution in [1.82, 2.24) is 4.98 Å². The number of carbonyl (C=O) groups excluding carboxylic acids is 1. The Balaban J connectivity index is 1.79. The molecular formula is C31H38N2O3. The number of nitrogens with zero attached hydrogens (tertiary/aromatic N) is 1. The van der Waals surface area contributed by atoms with Crippen LogP contribution in [0.5, 0.6) is 11.5 Å². The number of ether oxygens (including phenoxy) is 2. The molecule has 0 aliphatic heterocycles. The predicted molar refractivity (Wildman–Crippen MR) is 144 cm³/mol. The monoisotopic (exact) mass is 486 g/mol. The van der Waals surface area contributed by atoms with Gasteiger partial charge in [-0.2, -0.15) is 5.26 Å². The largest absolute Gasteiger partial charge is 0.489 e. The number of nitriles is 1. The first-order chi connectivity index (χ1) is 17.2. The van der Waals surface area contributed by atoms with Gasteiger partial charge in [0.25, 0.3) is 0 Å². The SMILES string of the molecule is CCCCC(CCC)COc1cc2c(cc1OC(C)C)C(=O)c1c([nH]c3cc(C#N)ccc13)C2(C)C. The molecule has 5 heteroatoms. The van der Waals surface area contributed by atoms with Gasteiger partial charge in [0.15, 0.2) is 17.3 Å². The van der Waals surface area contributed by atoms with Gasteiger partial charge in [-0.15, -0.1) is 0 Å². The maximum absolute atomic E-state index is 13.9. The van der Waals surface area contributed by atoms with Crippen molar-refractivity contribution in [3.63, 3.8) is 0 Å². The Morgan fingerprint density at radius 3 is 2.50 bits per heavy atom. The molecule has 1 unspecified atom stereocenters. The van der Waals surface area contributed by atoms with Crippen molar-refractivity contribution >= 4 is 16.7 Å². The van der Waals surface area contributed by atoms with Crippen LogP contribution in [-0.4, -0.2) is 23.5 Å². The number of unbranched alkanes of at least 4 members (excludes halogenated alkanes) is 1. The Morgan fingerprint density at radius 1 is 1.06 bits per heavy atom. The van der Waals surface area contributed by atoms with Gasteiger partial charge >= 0.3 is 0 Å². The molecule has 0 saturated carbocycles. The second-order valence-corrected chi connectivity index (χ2v) is 10.8. The maximum atomic E-state index is 13.9. The van der Waals surface area contributed by atoms with Gasteiger partial charge in [-0.3, -0.25) is 4.79 Å². The highest BCUT2D eigenvalue weighted by atomic mass is 16.5. The van der Waals surface area contributed by atoms with Gasteiger partial charge in [0.2, 0.25) is 0 Å². The fourth-order valence-electron chi connectivity index (χ4n) is 5.38. The Morgan fingerprint density at radius 2 is 1.83 bits per heavy atom. The van der Waals surface area contributed by atoms with E-state index in [0.29, 0.717) is 40.7 Å². The van der Waals surface area contributed by atoms with E-state index < -0.39 is 5.41 Å². The molecule has 5 nitrogen and oxygen atoms in total. The van der Waals surface area contributed by atoms with Crippen molar-refractivity contribution < 1.29 is 14.3 Å². The highest BCUT2D eigenvalue weighted by molar-refractivity contribution is 6.20. The molecule has 2 aromatic carbocycles. The van der Waals surface area contributed by atoms with Crippen LogP contribution in [0.25, 0.3) is 10.9 Å². The average Bonchev–Trinajstić information content (AvgIpc) is 3.24. The predicted octanol–water partition coefficient (Wildman–Crippen LogP) is 7.68. The number of hydrogen-bond donors (Lipinski definition) is 1. The zero-order valence-corrected chi connectivity index (χ0v) is 22.5. The minimum atomic E-state index is -0.454. The van der Waals surface area contributed by atoms with Crippen LogP contribution in [-0.2, 0) is 5.41 Å². The van der Waals surface area contributed by atoms with E-state index in [-0.39, 0.29) is 11.9 Å². The number of aromatic amines is 1. The van der Waals surface area contributed by atoms with Crippen LogP contribution in [0, 0.1) is 17.2 Å². The third kappa shape index (κ3) is 4.74. The van der Waals surface area contributed by atoms with Crippen LogP contribution in [0.1, 0.15) is 106 Å². The summed E-state index contributed by atoms with van der Waals surface area (Å²) in [6.07, 6.45) is 5.76. The number of rotatable bonds is 10. The number of benzene rings is 2. The lowest BCUT2D eigenvalue weighted by Crippen LogP contribution is -2.30.